The molecule has 0 aliphatic heterocycles. The van der Waals surface area contributed by atoms with E-state index in [1.54, 1.807) is 0 Å². The van der Waals surface area contributed by atoms with Crippen LogP contribution in [-0.4, -0.2) is 4.98 Å². The predicted molar refractivity (Wildman–Crippen MR) is 63.0 cm³/mol. The maximum absolute atomic E-state index is 5.76. The maximum atomic E-state index is 5.76. The molecule has 1 aliphatic rings. The number of nitrogens with zero attached hydrogens (tertiary/aromatic N) is 1. The van der Waals surface area contributed by atoms with Gasteiger partial charge >= 0.3 is 0 Å². The second-order valence-electron chi connectivity index (χ2n) is 4.49. The van der Waals surface area contributed by atoms with Gasteiger partial charge in [-0.25, -0.2) is 4.98 Å². The largest absolute Gasteiger partial charge is 0.441 e. The van der Waals surface area contributed by atoms with Gasteiger partial charge in [0.05, 0.1) is 6.20 Å². The third-order valence-electron chi connectivity index (χ3n) is 3.30. The molecule has 1 aromatic carbocycles. The van der Waals surface area contributed by atoms with Gasteiger partial charge in [-0.3, -0.25) is 0 Å². The molecule has 2 heteroatoms. The Labute approximate surface area is 95.3 Å². The summed E-state index contributed by atoms with van der Waals surface area (Å²) >= 11 is 0. The number of aromatic nitrogens is 1. The van der Waals surface area contributed by atoms with Crippen molar-refractivity contribution in [2.24, 2.45) is 5.92 Å². The SMILES string of the molecule is c1ccc(-c2cnc(CC3CCC3)o2)cc1. The smallest absolute Gasteiger partial charge is 0.195 e. The van der Waals surface area contributed by atoms with E-state index in [0.717, 1.165) is 29.6 Å². The number of benzene rings is 1. The van der Waals surface area contributed by atoms with Crippen LogP contribution < -0.4 is 0 Å². The van der Waals surface area contributed by atoms with Gasteiger partial charge in [0.2, 0.25) is 0 Å². The van der Waals surface area contributed by atoms with Crippen molar-refractivity contribution < 1.29 is 4.42 Å². The number of hydrogen-bond acceptors (Lipinski definition) is 2. The fraction of sp³-hybridized carbons (Fsp3) is 0.357. The first-order valence-electron chi connectivity index (χ1n) is 5.92. The molecule has 3 rings (SSSR count). The molecule has 1 aliphatic carbocycles. The summed E-state index contributed by atoms with van der Waals surface area (Å²) in [4.78, 5) is 4.35. The second-order valence-corrected chi connectivity index (χ2v) is 4.49. The zero-order chi connectivity index (χ0) is 10.8. The van der Waals surface area contributed by atoms with Crippen LogP contribution >= 0.6 is 0 Å². The minimum Gasteiger partial charge on any atom is -0.441 e. The summed E-state index contributed by atoms with van der Waals surface area (Å²) in [6.45, 7) is 0. The van der Waals surface area contributed by atoms with Crippen molar-refractivity contribution in [2.45, 2.75) is 25.7 Å². The van der Waals surface area contributed by atoms with Gasteiger partial charge < -0.3 is 4.42 Å². The Morgan fingerprint density at radius 1 is 1.19 bits per heavy atom. The molecule has 0 unspecified atom stereocenters. The van der Waals surface area contributed by atoms with Crippen LogP contribution in [0.5, 0.6) is 0 Å². The van der Waals surface area contributed by atoms with Gasteiger partial charge in [-0.05, 0) is 18.8 Å². The number of hydrogen-bond donors (Lipinski definition) is 0. The Morgan fingerprint density at radius 2 is 2.00 bits per heavy atom. The van der Waals surface area contributed by atoms with Crippen LogP contribution in [0.25, 0.3) is 11.3 Å². The lowest BCUT2D eigenvalue weighted by Gasteiger charge is -2.23. The topological polar surface area (TPSA) is 26.0 Å². The number of rotatable bonds is 3. The normalized spacial score (nSPS) is 16.0. The lowest BCUT2D eigenvalue weighted by molar-refractivity contribution is 0.291. The molecular formula is C14H15NO. The molecule has 1 heterocycles. The molecule has 0 saturated heterocycles. The minimum atomic E-state index is 0.808. The van der Waals surface area contributed by atoms with Crippen molar-refractivity contribution in [2.75, 3.05) is 0 Å². The Hall–Kier alpha value is -1.57. The Bertz CT molecular complexity index is 457. The lowest BCUT2D eigenvalue weighted by Crippen LogP contribution is -2.13. The average molecular weight is 213 g/mol. The molecule has 16 heavy (non-hydrogen) atoms. The van der Waals surface area contributed by atoms with Gasteiger partial charge in [0.15, 0.2) is 11.7 Å². The molecule has 0 N–H and O–H groups in total. The first kappa shape index (κ1) is 9.64. The van der Waals surface area contributed by atoms with Gasteiger partial charge in [-0.15, -0.1) is 0 Å². The van der Waals surface area contributed by atoms with E-state index in [1.807, 2.05) is 36.5 Å². The quantitative estimate of drug-likeness (QED) is 0.777. The van der Waals surface area contributed by atoms with E-state index < -0.39 is 0 Å². The van der Waals surface area contributed by atoms with Gasteiger partial charge in [0.25, 0.3) is 0 Å². The van der Waals surface area contributed by atoms with Crippen molar-refractivity contribution in [3.05, 3.63) is 42.4 Å². The third-order valence-corrected chi connectivity index (χ3v) is 3.30. The van der Waals surface area contributed by atoms with Crippen LogP contribution in [0, 0.1) is 5.92 Å². The highest BCUT2D eigenvalue weighted by molar-refractivity contribution is 5.55. The molecule has 0 bridgehead atoms. The lowest BCUT2D eigenvalue weighted by atomic mass is 9.83. The molecule has 0 radical (unpaired) electrons. The first-order valence-corrected chi connectivity index (χ1v) is 5.92. The average Bonchev–Trinajstić information content (AvgIpc) is 2.73. The molecule has 1 fully saturated rings. The monoisotopic (exact) mass is 213 g/mol. The van der Waals surface area contributed by atoms with Crippen LogP contribution in [0.4, 0.5) is 0 Å². The van der Waals surface area contributed by atoms with Crippen molar-refractivity contribution in [1.29, 1.82) is 0 Å². The highest BCUT2D eigenvalue weighted by Gasteiger charge is 2.20. The van der Waals surface area contributed by atoms with E-state index in [0.29, 0.717) is 0 Å². The van der Waals surface area contributed by atoms with Crippen LogP contribution in [0.1, 0.15) is 25.2 Å². The van der Waals surface area contributed by atoms with E-state index in [9.17, 15) is 0 Å². The molecule has 2 nitrogen and oxygen atoms in total. The van der Waals surface area contributed by atoms with E-state index in [-0.39, 0.29) is 0 Å². The van der Waals surface area contributed by atoms with Crippen molar-refractivity contribution in [3.63, 3.8) is 0 Å². The molecule has 2 aromatic rings. The highest BCUT2D eigenvalue weighted by Crippen LogP contribution is 2.30. The summed E-state index contributed by atoms with van der Waals surface area (Å²) in [6.07, 6.45) is 6.89. The summed E-state index contributed by atoms with van der Waals surface area (Å²) < 4.78 is 5.76. The van der Waals surface area contributed by atoms with Crippen LogP contribution in [0.15, 0.2) is 40.9 Å². The molecule has 0 spiro atoms. The first-order chi connectivity index (χ1) is 7.92. The maximum Gasteiger partial charge on any atom is 0.195 e. The fourth-order valence-electron chi connectivity index (χ4n) is 2.08. The van der Waals surface area contributed by atoms with E-state index in [2.05, 4.69) is 4.98 Å². The van der Waals surface area contributed by atoms with Gasteiger partial charge in [0, 0.05) is 12.0 Å². The van der Waals surface area contributed by atoms with Crippen molar-refractivity contribution >= 4 is 0 Å². The molecule has 82 valence electrons. The summed E-state index contributed by atoms with van der Waals surface area (Å²) in [5.74, 6) is 2.58. The van der Waals surface area contributed by atoms with Crippen LogP contribution in [0.3, 0.4) is 0 Å². The molecule has 1 saturated carbocycles. The summed E-state index contributed by atoms with van der Waals surface area (Å²) in [5, 5.41) is 0. The van der Waals surface area contributed by atoms with Gasteiger partial charge in [-0.1, -0.05) is 36.8 Å². The number of oxazole rings is 1. The molecule has 0 atom stereocenters. The van der Waals surface area contributed by atoms with Crippen LogP contribution in [0.2, 0.25) is 0 Å². The zero-order valence-corrected chi connectivity index (χ0v) is 9.23. The standard InChI is InChI=1S/C14H15NO/c1-2-7-12(8-3-1)13-10-15-14(16-13)9-11-5-4-6-11/h1-3,7-8,10-11H,4-6,9H2. The second kappa shape index (κ2) is 4.12. The van der Waals surface area contributed by atoms with E-state index in [4.69, 9.17) is 4.42 Å². The van der Waals surface area contributed by atoms with E-state index in [1.165, 1.54) is 19.3 Å². The van der Waals surface area contributed by atoms with Gasteiger partial charge in [-0.2, -0.15) is 0 Å². The summed E-state index contributed by atoms with van der Waals surface area (Å²) in [5.41, 5.74) is 1.11. The third kappa shape index (κ3) is 1.87. The summed E-state index contributed by atoms with van der Waals surface area (Å²) in [6, 6.07) is 10.1. The molecule has 0 amide bonds. The Morgan fingerprint density at radius 3 is 2.69 bits per heavy atom. The predicted octanol–water partition coefficient (Wildman–Crippen LogP) is 3.68. The fourth-order valence-corrected chi connectivity index (χ4v) is 2.08. The van der Waals surface area contributed by atoms with Crippen molar-refractivity contribution in [3.8, 4) is 11.3 Å². The van der Waals surface area contributed by atoms with E-state index >= 15 is 0 Å². The van der Waals surface area contributed by atoms with Crippen LogP contribution in [-0.2, 0) is 6.42 Å². The Kier molecular flexibility index (Phi) is 2.49. The van der Waals surface area contributed by atoms with Gasteiger partial charge in [0.1, 0.15) is 0 Å². The molecule has 1 aromatic heterocycles. The minimum absolute atomic E-state index is 0.808. The highest BCUT2D eigenvalue weighted by atomic mass is 16.4. The summed E-state index contributed by atoms with van der Waals surface area (Å²) in [7, 11) is 0. The van der Waals surface area contributed by atoms with Crippen molar-refractivity contribution in [1.82, 2.24) is 4.98 Å². The Balaban J connectivity index is 1.77. The molecular weight excluding hydrogens is 198 g/mol. The zero-order valence-electron chi connectivity index (χ0n) is 9.23.